The van der Waals surface area contributed by atoms with Gasteiger partial charge in [0.15, 0.2) is 0 Å². The Labute approximate surface area is 212 Å². The van der Waals surface area contributed by atoms with Gasteiger partial charge in [-0.3, -0.25) is 9.35 Å². The first-order chi connectivity index (χ1) is 16.3. The van der Waals surface area contributed by atoms with Gasteiger partial charge in [0.05, 0.1) is 18.0 Å². The molecule has 0 heterocycles. The molecule has 0 spiro atoms. The van der Waals surface area contributed by atoms with Crippen molar-refractivity contribution in [2.45, 2.75) is 111 Å². The number of Topliss-reactive ketones (excluding diaryl/α,β-unsaturated/α-hetero) is 1. The fourth-order valence-electron chi connectivity index (χ4n) is 9.46. The zero-order valence-electron chi connectivity index (χ0n) is 22.2. The highest BCUT2D eigenvalue weighted by atomic mass is 32.2. The normalized spacial score (nSPS) is 45.2. The maximum Gasteiger partial charge on any atom is 0.264 e. The number of ketones is 1. The Morgan fingerprint density at radius 1 is 0.971 bits per heavy atom. The molecule has 7 heteroatoms. The third-order valence-corrected chi connectivity index (χ3v) is 12.5. The van der Waals surface area contributed by atoms with Crippen molar-refractivity contribution in [2.24, 2.45) is 52.3 Å². The Hall–Kier alpha value is -0.500. The minimum absolute atomic E-state index is 0.0650. The van der Waals surface area contributed by atoms with Crippen molar-refractivity contribution < 1.29 is 28.0 Å². The zero-order chi connectivity index (χ0) is 25.8. The lowest BCUT2D eigenvalue weighted by Gasteiger charge is -2.62. The van der Waals surface area contributed by atoms with Gasteiger partial charge in [-0.15, -0.1) is 0 Å². The van der Waals surface area contributed by atoms with Crippen LogP contribution in [0, 0.1) is 52.3 Å². The molecule has 0 aromatic rings. The monoisotopic (exact) mass is 512 g/mol. The van der Waals surface area contributed by atoms with Crippen LogP contribution in [0.5, 0.6) is 0 Å². The van der Waals surface area contributed by atoms with E-state index in [-0.39, 0.29) is 46.9 Å². The first kappa shape index (κ1) is 27.5. The Bertz CT molecular complexity index is 888. The molecule has 0 aliphatic heterocycles. The molecule has 4 aliphatic carbocycles. The van der Waals surface area contributed by atoms with Crippen molar-refractivity contribution >= 4 is 15.9 Å². The summed E-state index contributed by atoms with van der Waals surface area (Å²) in [6, 6.07) is 0. The fourth-order valence-corrected chi connectivity index (χ4v) is 10.1. The van der Waals surface area contributed by atoms with Crippen LogP contribution in [-0.4, -0.2) is 46.9 Å². The van der Waals surface area contributed by atoms with Gasteiger partial charge < -0.3 is 10.2 Å². The van der Waals surface area contributed by atoms with Gasteiger partial charge in [0.2, 0.25) is 0 Å². The van der Waals surface area contributed by atoms with Crippen LogP contribution >= 0.6 is 0 Å². The summed E-state index contributed by atoms with van der Waals surface area (Å²) in [6.45, 7) is 8.74. The lowest BCUT2D eigenvalue weighted by Crippen LogP contribution is -2.58. The fraction of sp³-hybridized carbons (Fsp3) is 0.964. The third kappa shape index (κ3) is 5.13. The first-order valence-corrected chi connectivity index (χ1v) is 15.7. The van der Waals surface area contributed by atoms with E-state index in [2.05, 4.69) is 20.8 Å². The van der Waals surface area contributed by atoms with Gasteiger partial charge in [-0.2, -0.15) is 8.42 Å². The molecule has 3 N–H and O–H groups in total. The zero-order valence-corrected chi connectivity index (χ0v) is 23.0. The summed E-state index contributed by atoms with van der Waals surface area (Å²) in [5.74, 6) is 2.34. The average molecular weight is 513 g/mol. The molecule has 4 aliphatic rings. The van der Waals surface area contributed by atoms with E-state index in [1.807, 2.05) is 0 Å². The SMILES string of the molecule is CC(CCS(=O)(=O)O)C(=O)CC[C@@H](C)C1CC[C@H]2[C@@H]3CC[C@@H]4C[C@H](O)CC[C@]4(C)[C@H]3C[C@H](O)[C@]12C. The minimum Gasteiger partial charge on any atom is -0.393 e. The third-order valence-electron chi connectivity index (χ3n) is 11.7. The molecule has 0 bridgehead atoms. The molecule has 4 saturated carbocycles. The predicted molar refractivity (Wildman–Crippen MR) is 136 cm³/mol. The van der Waals surface area contributed by atoms with Crippen LogP contribution in [0.15, 0.2) is 0 Å². The van der Waals surface area contributed by atoms with Crippen molar-refractivity contribution in [2.75, 3.05) is 5.75 Å². The molecule has 6 nitrogen and oxygen atoms in total. The van der Waals surface area contributed by atoms with Gasteiger partial charge in [-0.05, 0) is 111 Å². The highest BCUT2D eigenvalue weighted by Gasteiger charge is 2.63. The molecule has 202 valence electrons. The van der Waals surface area contributed by atoms with Crippen molar-refractivity contribution in [1.29, 1.82) is 0 Å². The molecule has 4 fully saturated rings. The van der Waals surface area contributed by atoms with Gasteiger partial charge in [-0.1, -0.05) is 27.7 Å². The van der Waals surface area contributed by atoms with Crippen molar-refractivity contribution in [3.63, 3.8) is 0 Å². The Balaban J connectivity index is 1.41. The molecule has 2 unspecified atom stereocenters. The molecule has 35 heavy (non-hydrogen) atoms. The molecule has 0 aromatic carbocycles. The van der Waals surface area contributed by atoms with E-state index < -0.39 is 10.1 Å². The molecule has 0 amide bonds. The van der Waals surface area contributed by atoms with Crippen LogP contribution in [0.4, 0.5) is 0 Å². The number of rotatable bonds is 8. The van der Waals surface area contributed by atoms with E-state index in [1.54, 1.807) is 6.92 Å². The van der Waals surface area contributed by atoms with Crippen molar-refractivity contribution in [3.8, 4) is 0 Å². The summed E-state index contributed by atoms with van der Waals surface area (Å²) in [6.07, 6.45) is 9.32. The van der Waals surface area contributed by atoms with E-state index in [4.69, 9.17) is 4.55 Å². The number of carbonyl (C=O) groups is 1. The summed E-state index contributed by atoms with van der Waals surface area (Å²) in [5, 5.41) is 21.9. The summed E-state index contributed by atoms with van der Waals surface area (Å²) < 4.78 is 31.0. The van der Waals surface area contributed by atoms with E-state index in [0.29, 0.717) is 41.9 Å². The first-order valence-electron chi connectivity index (χ1n) is 14.1. The largest absolute Gasteiger partial charge is 0.393 e. The second-order valence-corrected chi connectivity index (χ2v) is 14.9. The van der Waals surface area contributed by atoms with Gasteiger partial charge >= 0.3 is 0 Å². The minimum atomic E-state index is -4.04. The van der Waals surface area contributed by atoms with Crippen LogP contribution in [0.25, 0.3) is 0 Å². The molecular weight excluding hydrogens is 464 g/mol. The second-order valence-electron chi connectivity index (χ2n) is 13.3. The van der Waals surface area contributed by atoms with Crippen LogP contribution in [0.3, 0.4) is 0 Å². The van der Waals surface area contributed by atoms with Crippen LogP contribution in [-0.2, 0) is 14.9 Å². The van der Waals surface area contributed by atoms with E-state index in [1.165, 1.54) is 12.8 Å². The molecule has 11 atom stereocenters. The van der Waals surface area contributed by atoms with E-state index in [9.17, 15) is 23.4 Å². The number of aliphatic hydroxyl groups excluding tert-OH is 2. The van der Waals surface area contributed by atoms with Crippen molar-refractivity contribution in [1.82, 2.24) is 0 Å². The number of hydrogen-bond acceptors (Lipinski definition) is 5. The average Bonchev–Trinajstić information content (AvgIpc) is 3.15. The predicted octanol–water partition coefficient (Wildman–Crippen LogP) is 4.88. The van der Waals surface area contributed by atoms with E-state index in [0.717, 1.165) is 44.9 Å². The highest BCUT2D eigenvalue weighted by molar-refractivity contribution is 7.85. The van der Waals surface area contributed by atoms with Crippen LogP contribution in [0.2, 0.25) is 0 Å². The summed E-state index contributed by atoms with van der Waals surface area (Å²) in [7, 11) is -4.04. The summed E-state index contributed by atoms with van der Waals surface area (Å²) >= 11 is 0. The van der Waals surface area contributed by atoms with Gasteiger partial charge in [0, 0.05) is 12.3 Å². The lowest BCUT2D eigenvalue weighted by atomic mass is 9.43. The number of carbonyl (C=O) groups excluding carboxylic acids is 1. The van der Waals surface area contributed by atoms with Gasteiger partial charge in [0.1, 0.15) is 5.78 Å². The van der Waals surface area contributed by atoms with Gasteiger partial charge in [-0.25, -0.2) is 0 Å². The second kappa shape index (κ2) is 9.99. The van der Waals surface area contributed by atoms with Crippen LogP contribution < -0.4 is 0 Å². The lowest BCUT2D eigenvalue weighted by molar-refractivity contribution is -0.175. The maximum atomic E-state index is 12.6. The molecular formula is C28H48O6S. The smallest absolute Gasteiger partial charge is 0.264 e. The Kier molecular flexibility index (Phi) is 7.86. The Morgan fingerprint density at radius 2 is 1.69 bits per heavy atom. The maximum absolute atomic E-state index is 12.6. The quantitative estimate of drug-likeness (QED) is 0.400. The van der Waals surface area contributed by atoms with Crippen LogP contribution in [0.1, 0.15) is 98.3 Å². The molecule has 0 saturated heterocycles. The number of hydrogen-bond donors (Lipinski definition) is 3. The molecule has 0 aromatic heterocycles. The highest BCUT2D eigenvalue weighted by Crippen LogP contribution is 2.68. The summed E-state index contributed by atoms with van der Waals surface area (Å²) in [4.78, 5) is 12.6. The topological polar surface area (TPSA) is 112 Å². The van der Waals surface area contributed by atoms with E-state index >= 15 is 0 Å². The van der Waals surface area contributed by atoms with Crippen molar-refractivity contribution in [3.05, 3.63) is 0 Å². The number of fused-ring (bicyclic) bond motifs is 5. The molecule has 4 rings (SSSR count). The standard InChI is InChI=1S/C28H48O6S/c1-17(5-10-25(30)18(2)12-14-35(32,33)34)22-8-9-23-21-7-6-19-15-20(29)11-13-27(19,3)24(21)16-26(31)28(22,23)4/h17-24,26,29,31H,5-16H2,1-4H3,(H,32,33,34)/t17-,18?,19-,20-,21+,22?,23+,24+,26+,27+,28-/m1/s1. The molecule has 0 radical (unpaired) electrons. The summed E-state index contributed by atoms with van der Waals surface area (Å²) in [5.41, 5.74) is 0.121. The van der Waals surface area contributed by atoms with Gasteiger partial charge in [0.25, 0.3) is 10.1 Å². The number of aliphatic hydroxyl groups is 2. The Morgan fingerprint density at radius 3 is 2.37 bits per heavy atom.